The van der Waals surface area contributed by atoms with Gasteiger partial charge < -0.3 is 9.47 Å². The number of hydrogen-bond acceptors (Lipinski definition) is 4. The smallest absolute Gasteiger partial charge is 0.338 e. The van der Waals surface area contributed by atoms with Crippen LogP contribution in [0.2, 0.25) is 0 Å². The Morgan fingerprint density at radius 3 is 2.08 bits per heavy atom. The summed E-state index contributed by atoms with van der Waals surface area (Å²) in [6.07, 6.45) is 4.86. The molecule has 1 aliphatic carbocycles. The Morgan fingerprint density at radius 1 is 1.04 bits per heavy atom. The van der Waals surface area contributed by atoms with Crippen LogP contribution in [0.5, 0.6) is 5.75 Å². The fourth-order valence-electron chi connectivity index (χ4n) is 4.22. The molecule has 0 spiro atoms. The Hall–Kier alpha value is -1.55. The Labute approximate surface area is 151 Å². The van der Waals surface area contributed by atoms with Gasteiger partial charge in [0, 0.05) is 30.5 Å². The number of nitrogens with zero attached hydrogens (tertiary/aromatic N) is 1. The molecular formula is C21H31NO3. The molecule has 4 nitrogen and oxygen atoms in total. The van der Waals surface area contributed by atoms with Crippen LogP contribution in [0.4, 0.5) is 0 Å². The zero-order chi connectivity index (χ0) is 18.0. The van der Waals surface area contributed by atoms with E-state index in [9.17, 15) is 4.79 Å². The van der Waals surface area contributed by atoms with E-state index in [1.54, 1.807) is 19.2 Å². The van der Waals surface area contributed by atoms with E-state index in [0.29, 0.717) is 17.4 Å². The molecule has 2 atom stereocenters. The zero-order valence-electron chi connectivity index (χ0n) is 16.0. The van der Waals surface area contributed by atoms with Crippen molar-refractivity contribution in [3.63, 3.8) is 0 Å². The molecule has 1 saturated heterocycles. The fraction of sp³-hybridized carbons (Fsp3) is 0.667. The first-order valence-electron chi connectivity index (χ1n) is 9.48. The number of hydrogen-bond donors (Lipinski definition) is 0. The third kappa shape index (κ3) is 4.17. The summed E-state index contributed by atoms with van der Waals surface area (Å²) < 4.78 is 11.2. The summed E-state index contributed by atoms with van der Waals surface area (Å²) in [6, 6.07) is 7.20. The minimum atomic E-state index is -0.200. The molecule has 0 N–H and O–H groups in total. The number of fused-ring (bicyclic) bond motifs is 2. The normalized spacial score (nSPS) is 27.4. The molecule has 0 radical (unpaired) electrons. The highest BCUT2D eigenvalue weighted by Crippen LogP contribution is 2.38. The second-order valence-corrected chi connectivity index (χ2v) is 8.48. The van der Waals surface area contributed by atoms with Crippen LogP contribution in [0, 0.1) is 11.8 Å². The summed E-state index contributed by atoms with van der Waals surface area (Å²) in [6.45, 7) is 8.90. The number of rotatable bonds is 3. The lowest BCUT2D eigenvalue weighted by atomic mass is 9.82. The van der Waals surface area contributed by atoms with Crippen LogP contribution in [-0.2, 0) is 4.74 Å². The van der Waals surface area contributed by atoms with Crippen LogP contribution in [-0.4, -0.2) is 42.7 Å². The predicted molar refractivity (Wildman–Crippen MR) is 99.0 cm³/mol. The molecule has 0 amide bonds. The summed E-state index contributed by atoms with van der Waals surface area (Å²) in [4.78, 5) is 15.2. The van der Waals surface area contributed by atoms with Gasteiger partial charge in [0.25, 0.3) is 0 Å². The number of methoxy groups -OCH3 is 1. The van der Waals surface area contributed by atoms with Crippen molar-refractivity contribution >= 4 is 5.97 Å². The zero-order valence-corrected chi connectivity index (χ0v) is 16.0. The molecule has 2 fully saturated rings. The number of esters is 1. The number of likely N-dealkylation sites (tertiary alicyclic amines) is 1. The minimum absolute atomic E-state index is 0.0516. The first-order valence-corrected chi connectivity index (χ1v) is 9.48. The Kier molecular flexibility index (Phi) is 5.38. The summed E-state index contributed by atoms with van der Waals surface area (Å²) in [5.74, 6) is 1.45. The maximum Gasteiger partial charge on any atom is 0.338 e. The van der Waals surface area contributed by atoms with E-state index in [4.69, 9.17) is 9.47 Å². The van der Waals surface area contributed by atoms with Crippen molar-refractivity contribution < 1.29 is 14.3 Å². The Bertz CT molecular complexity index is 574. The standard InChI is InChI=1S/C21H31NO3/c1-21(2,3)22-13-16-7-5-6-8-17(14-22)19(16)25-20(23)15-9-11-18(24-4)12-10-15/h9-12,16-17,19H,5-8,13-14H2,1-4H3. The average molecular weight is 345 g/mol. The molecule has 2 unspecified atom stereocenters. The highest BCUT2D eigenvalue weighted by Gasteiger charge is 2.43. The maximum atomic E-state index is 12.7. The van der Waals surface area contributed by atoms with Gasteiger partial charge in [-0.2, -0.15) is 0 Å². The second-order valence-electron chi connectivity index (χ2n) is 8.48. The Morgan fingerprint density at radius 2 is 1.60 bits per heavy atom. The number of ether oxygens (including phenoxy) is 2. The van der Waals surface area contributed by atoms with Gasteiger partial charge in [0.2, 0.25) is 0 Å². The molecular weight excluding hydrogens is 314 g/mol. The molecule has 4 heteroatoms. The van der Waals surface area contributed by atoms with E-state index in [2.05, 4.69) is 25.7 Å². The topological polar surface area (TPSA) is 38.8 Å². The van der Waals surface area contributed by atoms with E-state index in [1.807, 2.05) is 12.1 Å². The molecule has 1 aromatic carbocycles. The van der Waals surface area contributed by atoms with Crippen molar-refractivity contribution in [3.05, 3.63) is 29.8 Å². The van der Waals surface area contributed by atoms with Crippen molar-refractivity contribution in [1.29, 1.82) is 0 Å². The number of benzene rings is 1. The lowest BCUT2D eigenvalue weighted by Crippen LogP contribution is -2.56. The molecule has 1 aromatic rings. The van der Waals surface area contributed by atoms with Crippen molar-refractivity contribution in [1.82, 2.24) is 4.90 Å². The van der Waals surface area contributed by atoms with E-state index in [0.717, 1.165) is 31.7 Å². The average Bonchev–Trinajstić information content (AvgIpc) is 2.69. The second kappa shape index (κ2) is 7.36. The third-order valence-electron chi connectivity index (χ3n) is 5.76. The van der Waals surface area contributed by atoms with Crippen molar-refractivity contribution in [2.45, 2.75) is 58.1 Å². The molecule has 3 rings (SSSR count). The van der Waals surface area contributed by atoms with Gasteiger partial charge in [0.05, 0.1) is 12.7 Å². The highest BCUT2D eigenvalue weighted by molar-refractivity contribution is 5.89. The minimum Gasteiger partial charge on any atom is -0.497 e. The molecule has 25 heavy (non-hydrogen) atoms. The molecule has 2 bridgehead atoms. The summed E-state index contributed by atoms with van der Waals surface area (Å²) in [7, 11) is 1.63. The fourth-order valence-corrected chi connectivity index (χ4v) is 4.22. The van der Waals surface area contributed by atoms with Gasteiger partial charge in [-0.25, -0.2) is 4.79 Å². The summed E-state index contributed by atoms with van der Waals surface area (Å²) >= 11 is 0. The van der Waals surface area contributed by atoms with Gasteiger partial charge in [-0.3, -0.25) is 4.90 Å². The molecule has 1 heterocycles. The SMILES string of the molecule is COc1ccc(C(=O)OC2C3CCCCC2CN(C(C)(C)C)C3)cc1. The first-order chi connectivity index (χ1) is 11.9. The summed E-state index contributed by atoms with van der Waals surface area (Å²) in [5, 5.41) is 0. The number of carbonyl (C=O) groups is 1. The third-order valence-corrected chi connectivity index (χ3v) is 5.76. The van der Waals surface area contributed by atoms with Crippen LogP contribution in [0.15, 0.2) is 24.3 Å². The van der Waals surface area contributed by atoms with Gasteiger partial charge in [0.1, 0.15) is 11.9 Å². The van der Waals surface area contributed by atoms with Gasteiger partial charge >= 0.3 is 5.97 Å². The molecule has 1 aliphatic heterocycles. The molecule has 1 saturated carbocycles. The van der Waals surface area contributed by atoms with Gasteiger partial charge in [-0.15, -0.1) is 0 Å². The van der Waals surface area contributed by atoms with Crippen LogP contribution >= 0.6 is 0 Å². The van der Waals surface area contributed by atoms with Gasteiger partial charge in [0.15, 0.2) is 0 Å². The maximum absolute atomic E-state index is 12.7. The lowest BCUT2D eigenvalue weighted by molar-refractivity contribution is -0.0635. The number of piperidine rings is 1. The summed E-state index contributed by atoms with van der Waals surface area (Å²) in [5.41, 5.74) is 0.780. The van der Waals surface area contributed by atoms with Crippen molar-refractivity contribution in [2.24, 2.45) is 11.8 Å². The molecule has 2 aliphatic rings. The van der Waals surface area contributed by atoms with Crippen LogP contribution in [0.3, 0.4) is 0 Å². The monoisotopic (exact) mass is 345 g/mol. The van der Waals surface area contributed by atoms with E-state index < -0.39 is 0 Å². The first kappa shape index (κ1) is 18.2. The van der Waals surface area contributed by atoms with E-state index in [1.165, 1.54) is 12.8 Å². The predicted octanol–water partition coefficient (Wildman–Crippen LogP) is 4.14. The quantitative estimate of drug-likeness (QED) is 0.772. The van der Waals surface area contributed by atoms with Crippen LogP contribution < -0.4 is 4.74 Å². The lowest BCUT2D eigenvalue weighted by Gasteiger charge is -2.47. The van der Waals surface area contributed by atoms with Crippen LogP contribution in [0.1, 0.15) is 56.8 Å². The van der Waals surface area contributed by atoms with E-state index in [-0.39, 0.29) is 17.6 Å². The van der Waals surface area contributed by atoms with Gasteiger partial charge in [-0.05, 0) is 57.9 Å². The van der Waals surface area contributed by atoms with Gasteiger partial charge in [-0.1, -0.05) is 12.8 Å². The Balaban J connectivity index is 1.73. The largest absolute Gasteiger partial charge is 0.497 e. The van der Waals surface area contributed by atoms with Crippen molar-refractivity contribution in [2.75, 3.05) is 20.2 Å². The highest BCUT2D eigenvalue weighted by atomic mass is 16.5. The number of carbonyl (C=O) groups excluding carboxylic acids is 1. The van der Waals surface area contributed by atoms with Crippen molar-refractivity contribution in [3.8, 4) is 5.75 Å². The van der Waals surface area contributed by atoms with Crippen LogP contribution in [0.25, 0.3) is 0 Å². The molecule has 0 aromatic heterocycles. The van der Waals surface area contributed by atoms with E-state index >= 15 is 0 Å². The molecule has 138 valence electrons.